The van der Waals surface area contributed by atoms with Crippen molar-refractivity contribution < 1.29 is 13.9 Å². The first-order chi connectivity index (χ1) is 17.4. The summed E-state index contributed by atoms with van der Waals surface area (Å²) in [6.07, 6.45) is 0. The van der Waals surface area contributed by atoms with Crippen LogP contribution < -0.4 is 15.4 Å². The summed E-state index contributed by atoms with van der Waals surface area (Å²) < 4.78 is 20.4. The van der Waals surface area contributed by atoms with E-state index in [0.29, 0.717) is 32.9 Å². The highest BCUT2D eigenvalue weighted by Crippen LogP contribution is 2.43. The zero-order chi connectivity index (χ0) is 25.7. The van der Waals surface area contributed by atoms with Gasteiger partial charge in [0.1, 0.15) is 11.6 Å². The number of carbonyl (C=O) groups is 1. The zero-order valence-corrected chi connectivity index (χ0v) is 21.2. The fourth-order valence-corrected chi connectivity index (χ4v) is 5.43. The minimum Gasteiger partial charge on any atom is -0.495 e. The fourth-order valence-electron chi connectivity index (χ4n) is 4.05. The number of nitrogens with one attached hydrogen (secondary N) is 2. The Bertz CT molecular complexity index is 1410. The number of thioether (sulfide) groups is 1. The number of hydrogen-bond donors (Lipinski definition) is 2. The lowest BCUT2D eigenvalue weighted by Crippen LogP contribution is -2.31. The van der Waals surface area contributed by atoms with Crippen molar-refractivity contribution in [2.24, 2.45) is 0 Å². The summed E-state index contributed by atoms with van der Waals surface area (Å²) in [7, 11) is 1.51. The highest BCUT2D eigenvalue weighted by atomic mass is 35.5. The summed E-state index contributed by atoms with van der Waals surface area (Å²) in [5, 5.41) is 17.5. The van der Waals surface area contributed by atoms with Crippen molar-refractivity contribution in [1.29, 1.82) is 5.26 Å². The van der Waals surface area contributed by atoms with Crippen molar-refractivity contribution >= 4 is 35.0 Å². The van der Waals surface area contributed by atoms with Crippen molar-refractivity contribution in [2.45, 2.75) is 18.6 Å². The molecular formula is C28H23ClFN3O2S. The Morgan fingerprint density at radius 1 is 1.14 bits per heavy atom. The molecule has 2 N–H and O–H groups in total. The number of nitrogens with zero attached hydrogens (tertiary/aromatic N) is 1. The van der Waals surface area contributed by atoms with E-state index in [1.807, 2.05) is 18.2 Å². The van der Waals surface area contributed by atoms with E-state index in [1.54, 1.807) is 55.5 Å². The molecule has 0 spiro atoms. The molecule has 0 unspecified atom stereocenters. The molecule has 0 radical (unpaired) electrons. The zero-order valence-electron chi connectivity index (χ0n) is 19.6. The monoisotopic (exact) mass is 519 g/mol. The van der Waals surface area contributed by atoms with Crippen molar-refractivity contribution in [3.8, 4) is 11.8 Å². The van der Waals surface area contributed by atoms with Crippen LogP contribution >= 0.6 is 23.4 Å². The first kappa shape index (κ1) is 25.4. The topological polar surface area (TPSA) is 74.2 Å². The van der Waals surface area contributed by atoms with Gasteiger partial charge in [0, 0.05) is 27.6 Å². The predicted molar refractivity (Wildman–Crippen MR) is 142 cm³/mol. The number of halogens is 2. The predicted octanol–water partition coefficient (Wildman–Crippen LogP) is 6.76. The van der Waals surface area contributed by atoms with E-state index in [9.17, 15) is 10.1 Å². The lowest BCUT2D eigenvalue weighted by atomic mass is 9.82. The van der Waals surface area contributed by atoms with Crippen LogP contribution in [0, 0.1) is 17.1 Å². The lowest BCUT2D eigenvalue weighted by Gasteiger charge is -2.30. The van der Waals surface area contributed by atoms with Crippen molar-refractivity contribution in [3.63, 3.8) is 0 Å². The molecule has 36 heavy (non-hydrogen) atoms. The smallest absolute Gasteiger partial charge is 0.254 e. The van der Waals surface area contributed by atoms with Crippen LogP contribution in [0.2, 0.25) is 5.02 Å². The Morgan fingerprint density at radius 3 is 2.56 bits per heavy atom. The molecular weight excluding hydrogens is 497 g/mol. The van der Waals surface area contributed by atoms with E-state index in [0.717, 1.165) is 5.56 Å². The summed E-state index contributed by atoms with van der Waals surface area (Å²) in [5.41, 5.74) is 2.66. The third-order valence-electron chi connectivity index (χ3n) is 5.79. The van der Waals surface area contributed by atoms with Crippen LogP contribution in [0.3, 0.4) is 0 Å². The van der Waals surface area contributed by atoms with Gasteiger partial charge in [-0.05, 0) is 36.8 Å². The average molecular weight is 520 g/mol. The second kappa shape index (κ2) is 11.3. The van der Waals surface area contributed by atoms with Crippen molar-refractivity contribution in [1.82, 2.24) is 5.32 Å². The highest BCUT2D eigenvalue weighted by molar-refractivity contribution is 8.02. The summed E-state index contributed by atoms with van der Waals surface area (Å²) in [6.45, 7) is 1.75. The van der Waals surface area contributed by atoms with Crippen LogP contribution in [0.5, 0.6) is 5.75 Å². The molecule has 0 saturated heterocycles. The molecule has 0 aliphatic carbocycles. The van der Waals surface area contributed by atoms with Gasteiger partial charge in [0.15, 0.2) is 0 Å². The van der Waals surface area contributed by atoms with Gasteiger partial charge in [-0.1, -0.05) is 60.1 Å². The Labute approximate surface area is 218 Å². The summed E-state index contributed by atoms with van der Waals surface area (Å²) in [4.78, 5) is 13.6. The molecule has 1 heterocycles. The second-order valence-corrected chi connectivity index (χ2v) is 9.40. The number of hydrogen-bond acceptors (Lipinski definition) is 5. The maximum Gasteiger partial charge on any atom is 0.254 e. The molecule has 8 heteroatoms. The van der Waals surface area contributed by atoms with Gasteiger partial charge in [-0.15, -0.1) is 11.8 Å². The second-order valence-electron chi connectivity index (χ2n) is 8.01. The molecule has 3 aromatic rings. The number of rotatable bonds is 7. The van der Waals surface area contributed by atoms with Crippen LogP contribution in [0.4, 0.5) is 10.1 Å². The molecule has 1 aliphatic rings. The number of benzene rings is 3. The Balaban J connectivity index is 1.75. The molecule has 0 aromatic heterocycles. The standard InChI is InChI=1S/C28H23ClFN3O2S/c1-17-25(27(34)33-23-13-7-8-14-24(23)35-2)26(19-10-4-6-12-22(19)30)20(15-31)28(32-17)36-16-18-9-3-5-11-21(18)29/h3-14,26,32H,16H2,1-2H3,(H,33,34)/t26-/m1/s1. The van der Waals surface area contributed by atoms with Crippen molar-refractivity contribution in [3.05, 3.63) is 117 Å². The quantitative estimate of drug-likeness (QED) is 0.361. The van der Waals surface area contributed by atoms with Gasteiger partial charge in [-0.3, -0.25) is 4.79 Å². The Hall–Kier alpha value is -3.73. The van der Waals surface area contributed by atoms with E-state index in [-0.39, 0.29) is 16.7 Å². The Kier molecular flexibility index (Phi) is 7.99. The minimum atomic E-state index is -0.902. The number of ether oxygens (including phenoxy) is 1. The van der Waals surface area contributed by atoms with Crippen LogP contribution in [0.25, 0.3) is 0 Å². The van der Waals surface area contributed by atoms with Gasteiger partial charge < -0.3 is 15.4 Å². The SMILES string of the molecule is COc1ccccc1NC(=O)C1=C(C)NC(SCc2ccccc2Cl)=C(C#N)[C@H]1c1ccccc1F. The minimum absolute atomic E-state index is 0.246. The van der Waals surface area contributed by atoms with Gasteiger partial charge in [0.05, 0.1) is 35.4 Å². The molecule has 0 fully saturated rings. The van der Waals surface area contributed by atoms with Gasteiger partial charge in [0.2, 0.25) is 0 Å². The van der Waals surface area contributed by atoms with Crippen molar-refractivity contribution in [2.75, 3.05) is 12.4 Å². The number of amides is 1. The fraction of sp³-hybridized carbons (Fsp3) is 0.143. The normalized spacial score (nSPS) is 15.2. The largest absolute Gasteiger partial charge is 0.495 e. The van der Waals surface area contributed by atoms with E-state index in [1.165, 1.54) is 24.9 Å². The molecule has 3 aromatic carbocycles. The van der Waals surface area contributed by atoms with E-state index >= 15 is 4.39 Å². The summed E-state index contributed by atoms with van der Waals surface area (Å²) in [5.74, 6) is -0.875. The van der Waals surface area contributed by atoms with Crippen LogP contribution in [-0.4, -0.2) is 13.0 Å². The molecule has 5 nitrogen and oxygen atoms in total. The number of anilines is 1. The number of methoxy groups -OCH3 is 1. The number of nitriles is 1. The number of para-hydroxylation sites is 2. The first-order valence-corrected chi connectivity index (χ1v) is 12.5. The third-order valence-corrected chi connectivity index (χ3v) is 7.23. The molecule has 0 bridgehead atoms. The van der Waals surface area contributed by atoms with Gasteiger partial charge in [-0.2, -0.15) is 5.26 Å². The van der Waals surface area contributed by atoms with E-state index in [2.05, 4.69) is 16.7 Å². The maximum absolute atomic E-state index is 15.1. The molecule has 4 rings (SSSR count). The van der Waals surface area contributed by atoms with Gasteiger partial charge >= 0.3 is 0 Å². The third kappa shape index (κ3) is 5.25. The van der Waals surface area contributed by atoms with Crippen LogP contribution in [-0.2, 0) is 10.5 Å². The number of carbonyl (C=O) groups excluding carboxylic acids is 1. The molecule has 182 valence electrons. The Morgan fingerprint density at radius 2 is 1.83 bits per heavy atom. The molecule has 1 atom stereocenters. The van der Waals surface area contributed by atoms with Gasteiger partial charge in [0.25, 0.3) is 5.91 Å². The van der Waals surface area contributed by atoms with E-state index < -0.39 is 17.6 Å². The summed E-state index contributed by atoms with van der Waals surface area (Å²) >= 11 is 7.70. The number of allylic oxidation sites excluding steroid dienone is 2. The number of dihydropyridines is 1. The lowest BCUT2D eigenvalue weighted by molar-refractivity contribution is -0.113. The molecule has 1 aliphatic heterocycles. The van der Waals surface area contributed by atoms with Crippen LogP contribution in [0.1, 0.15) is 24.0 Å². The first-order valence-electron chi connectivity index (χ1n) is 11.1. The average Bonchev–Trinajstić information content (AvgIpc) is 2.88. The molecule has 0 saturated carbocycles. The molecule has 1 amide bonds. The van der Waals surface area contributed by atoms with E-state index in [4.69, 9.17) is 16.3 Å². The highest BCUT2D eigenvalue weighted by Gasteiger charge is 2.36. The maximum atomic E-state index is 15.1. The van der Waals surface area contributed by atoms with Gasteiger partial charge in [-0.25, -0.2) is 4.39 Å². The van der Waals surface area contributed by atoms with Crippen LogP contribution in [0.15, 0.2) is 94.7 Å². The summed E-state index contributed by atoms with van der Waals surface area (Å²) in [6, 6.07) is 22.9.